The molecule has 3 rings (SSSR count). The third kappa shape index (κ3) is 5.78. The second kappa shape index (κ2) is 10.8. The fraction of sp³-hybridized carbons (Fsp3) is 0.320. The van der Waals surface area contributed by atoms with Gasteiger partial charge in [0.1, 0.15) is 18.7 Å². The van der Waals surface area contributed by atoms with Crippen LogP contribution in [0.15, 0.2) is 60.2 Å². The fourth-order valence-corrected chi connectivity index (χ4v) is 3.83. The number of carboxylic acid groups (broad SMARTS) is 1. The molecule has 4 N–H and O–H groups in total. The van der Waals surface area contributed by atoms with E-state index in [4.69, 9.17) is 9.84 Å². The van der Waals surface area contributed by atoms with Gasteiger partial charge < -0.3 is 25.6 Å². The highest BCUT2D eigenvalue weighted by Gasteiger charge is 2.30. The van der Waals surface area contributed by atoms with Crippen molar-refractivity contribution in [3.8, 4) is 11.1 Å². The Hall–Kier alpha value is -3.65. The Morgan fingerprint density at radius 3 is 2.06 bits per heavy atom. The predicted octanol–water partition coefficient (Wildman–Crippen LogP) is 2.81. The lowest BCUT2D eigenvalue weighted by molar-refractivity contribution is -0.143. The standard InChI is InChI=1S/C25H28N2O6/c1-15(2)11-12-21(23(29)26-22(13-28)24(30)31)27-25(32)33-14-20-18-9-5-3-7-16(18)17-8-4-6-10-19(17)20/h3-11,20-22,28H,12-14H2,1-2H3,(H,26,29)(H,27,32)(H,30,31). The molecule has 0 aliphatic heterocycles. The van der Waals surface area contributed by atoms with Crippen molar-refractivity contribution in [2.75, 3.05) is 13.2 Å². The van der Waals surface area contributed by atoms with Crippen LogP contribution in [0.3, 0.4) is 0 Å². The summed E-state index contributed by atoms with van der Waals surface area (Å²) in [5.41, 5.74) is 5.27. The van der Waals surface area contributed by atoms with Gasteiger partial charge in [-0.15, -0.1) is 0 Å². The normalized spacial score (nSPS) is 13.8. The number of rotatable bonds is 9. The Labute approximate surface area is 192 Å². The highest BCUT2D eigenvalue weighted by Crippen LogP contribution is 2.44. The minimum atomic E-state index is -1.46. The molecule has 8 nitrogen and oxygen atoms in total. The van der Waals surface area contributed by atoms with Crippen LogP contribution in [0.1, 0.15) is 37.3 Å². The van der Waals surface area contributed by atoms with Crippen molar-refractivity contribution in [2.45, 2.75) is 38.3 Å². The van der Waals surface area contributed by atoms with E-state index in [2.05, 4.69) is 10.6 Å². The number of amides is 2. The summed E-state index contributed by atoms with van der Waals surface area (Å²) in [5, 5.41) is 23.0. The Kier molecular flexibility index (Phi) is 7.84. The number of aliphatic hydroxyl groups excluding tert-OH is 1. The molecule has 2 unspecified atom stereocenters. The summed E-state index contributed by atoms with van der Waals surface area (Å²) in [4.78, 5) is 36.3. The van der Waals surface area contributed by atoms with E-state index in [1.54, 1.807) is 6.08 Å². The van der Waals surface area contributed by atoms with E-state index >= 15 is 0 Å². The summed E-state index contributed by atoms with van der Waals surface area (Å²) in [6.45, 7) is 3.01. The topological polar surface area (TPSA) is 125 Å². The summed E-state index contributed by atoms with van der Waals surface area (Å²) < 4.78 is 5.49. The molecule has 0 spiro atoms. The molecule has 2 amide bonds. The molecule has 8 heteroatoms. The zero-order chi connectivity index (χ0) is 24.0. The van der Waals surface area contributed by atoms with Gasteiger partial charge in [0.05, 0.1) is 6.61 Å². The molecule has 0 radical (unpaired) electrons. The van der Waals surface area contributed by atoms with Crippen molar-refractivity contribution in [1.29, 1.82) is 0 Å². The molecule has 0 fully saturated rings. The van der Waals surface area contributed by atoms with Crippen LogP contribution < -0.4 is 10.6 Å². The van der Waals surface area contributed by atoms with E-state index < -0.39 is 36.7 Å². The number of allylic oxidation sites excluding steroid dienone is 1. The monoisotopic (exact) mass is 452 g/mol. The number of carbonyl (C=O) groups is 3. The highest BCUT2D eigenvalue weighted by atomic mass is 16.5. The molecule has 0 bridgehead atoms. The molecular weight excluding hydrogens is 424 g/mol. The molecule has 2 aromatic carbocycles. The first-order valence-corrected chi connectivity index (χ1v) is 10.7. The molecule has 33 heavy (non-hydrogen) atoms. The molecule has 0 heterocycles. The number of aliphatic carboxylic acids is 1. The Morgan fingerprint density at radius 1 is 0.970 bits per heavy atom. The van der Waals surface area contributed by atoms with Gasteiger partial charge in [-0.1, -0.05) is 60.2 Å². The predicted molar refractivity (Wildman–Crippen MR) is 123 cm³/mol. The van der Waals surface area contributed by atoms with Gasteiger partial charge in [-0.3, -0.25) is 4.79 Å². The van der Waals surface area contributed by atoms with Crippen molar-refractivity contribution in [3.05, 3.63) is 71.3 Å². The Morgan fingerprint density at radius 2 is 1.55 bits per heavy atom. The van der Waals surface area contributed by atoms with Crippen molar-refractivity contribution >= 4 is 18.0 Å². The summed E-state index contributed by atoms with van der Waals surface area (Å²) in [7, 11) is 0. The van der Waals surface area contributed by atoms with Crippen molar-refractivity contribution in [3.63, 3.8) is 0 Å². The third-order valence-corrected chi connectivity index (χ3v) is 5.51. The lowest BCUT2D eigenvalue weighted by Gasteiger charge is -2.20. The molecular formula is C25H28N2O6. The maximum atomic E-state index is 12.6. The summed E-state index contributed by atoms with van der Waals surface area (Å²) in [6, 6.07) is 13.4. The molecule has 1 aliphatic carbocycles. The number of fused-ring (bicyclic) bond motifs is 3. The van der Waals surface area contributed by atoms with E-state index in [0.717, 1.165) is 27.8 Å². The van der Waals surface area contributed by atoms with Crippen LogP contribution in [0.25, 0.3) is 11.1 Å². The largest absolute Gasteiger partial charge is 0.480 e. The van der Waals surface area contributed by atoms with Crippen molar-refractivity contribution in [1.82, 2.24) is 10.6 Å². The summed E-state index contributed by atoms with van der Waals surface area (Å²) in [5.74, 6) is -2.21. The van der Waals surface area contributed by atoms with Gasteiger partial charge in [0.25, 0.3) is 0 Å². The van der Waals surface area contributed by atoms with Crippen LogP contribution >= 0.6 is 0 Å². The highest BCUT2D eigenvalue weighted by molar-refractivity contribution is 5.89. The van der Waals surface area contributed by atoms with Crippen LogP contribution in [-0.4, -0.2) is 53.5 Å². The number of hydrogen-bond donors (Lipinski definition) is 4. The SMILES string of the molecule is CC(C)=CCC(NC(=O)OCC1c2ccccc2-c2ccccc21)C(=O)NC(CO)C(=O)O. The molecule has 2 atom stereocenters. The Balaban J connectivity index is 1.68. The minimum Gasteiger partial charge on any atom is -0.480 e. The Bertz CT molecular complexity index is 1010. The van der Waals surface area contributed by atoms with Gasteiger partial charge in [0.2, 0.25) is 5.91 Å². The molecule has 0 saturated heterocycles. The second-order valence-corrected chi connectivity index (χ2v) is 8.12. The summed E-state index contributed by atoms with van der Waals surface area (Å²) in [6.07, 6.45) is 1.12. The van der Waals surface area contributed by atoms with E-state index in [1.807, 2.05) is 62.4 Å². The van der Waals surface area contributed by atoms with Gasteiger partial charge in [0, 0.05) is 5.92 Å². The van der Waals surface area contributed by atoms with E-state index in [1.165, 1.54) is 0 Å². The minimum absolute atomic E-state index is 0.0885. The molecule has 174 valence electrons. The number of carbonyl (C=O) groups excluding carboxylic acids is 2. The third-order valence-electron chi connectivity index (χ3n) is 5.51. The van der Waals surface area contributed by atoms with Gasteiger partial charge in [0.15, 0.2) is 0 Å². The number of carboxylic acids is 1. The van der Waals surface area contributed by atoms with Crippen molar-refractivity contribution in [2.24, 2.45) is 0 Å². The smallest absolute Gasteiger partial charge is 0.407 e. The average Bonchev–Trinajstić information content (AvgIpc) is 3.12. The van der Waals surface area contributed by atoms with Crippen molar-refractivity contribution < 1.29 is 29.3 Å². The number of aliphatic hydroxyl groups is 1. The number of hydrogen-bond acceptors (Lipinski definition) is 5. The summed E-state index contributed by atoms with van der Waals surface area (Å²) >= 11 is 0. The van der Waals surface area contributed by atoms with Crippen LogP contribution in [0.5, 0.6) is 0 Å². The molecule has 2 aromatic rings. The van der Waals surface area contributed by atoms with Crippen LogP contribution in [-0.2, 0) is 14.3 Å². The van der Waals surface area contributed by atoms with Crippen LogP contribution in [0.4, 0.5) is 4.79 Å². The lowest BCUT2D eigenvalue weighted by atomic mass is 9.98. The first-order chi connectivity index (χ1) is 15.8. The fourth-order valence-electron chi connectivity index (χ4n) is 3.83. The lowest BCUT2D eigenvalue weighted by Crippen LogP contribution is -2.52. The number of benzene rings is 2. The van der Waals surface area contributed by atoms with E-state index in [0.29, 0.717) is 0 Å². The quantitative estimate of drug-likeness (QED) is 0.434. The molecule has 0 saturated carbocycles. The van der Waals surface area contributed by atoms with E-state index in [-0.39, 0.29) is 18.9 Å². The zero-order valence-corrected chi connectivity index (χ0v) is 18.6. The van der Waals surface area contributed by atoms with Crippen LogP contribution in [0.2, 0.25) is 0 Å². The second-order valence-electron chi connectivity index (χ2n) is 8.12. The maximum absolute atomic E-state index is 12.6. The average molecular weight is 453 g/mol. The molecule has 0 aromatic heterocycles. The zero-order valence-electron chi connectivity index (χ0n) is 18.6. The van der Waals surface area contributed by atoms with Gasteiger partial charge in [-0.25, -0.2) is 9.59 Å². The van der Waals surface area contributed by atoms with Gasteiger partial charge in [-0.05, 0) is 42.5 Å². The number of nitrogens with one attached hydrogen (secondary N) is 2. The van der Waals surface area contributed by atoms with E-state index in [9.17, 15) is 19.5 Å². The maximum Gasteiger partial charge on any atom is 0.407 e. The first-order valence-electron chi connectivity index (χ1n) is 10.7. The van der Waals surface area contributed by atoms with Gasteiger partial charge >= 0.3 is 12.1 Å². The first kappa shape index (κ1) is 24.0. The number of ether oxygens (including phenoxy) is 1. The van der Waals surface area contributed by atoms with Gasteiger partial charge in [-0.2, -0.15) is 0 Å². The molecule has 1 aliphatic rings. The number of alkyl carbamates (subject to hydrolysis) is 1. The van der Waals surface area contributed by atoms with Crippen LogP contribution in [0, 0.1) is 0 Å².